The lowest BCUT2D eigenvalue weighted by Gasteiger charge is -2.22. The number of nitrogens with one attached hydrogen (secondary N) is 1. The molecule has 0 aromatic heterocycles. The number of halogens is 1. The van der Waals surface area contributed by atoms with Crippen molar-refractivity contribution in [1.29, 1.82) is 0 Å². The number of esters is 1. The Morgan fingerprint density at radius 3 is 3.08 bits per heavy atom. The van der Waals surface area contributed by atoms with Gasteiger partial charge in [-0.25, -0.2) is 9.18 Å². The van der Waals surface area contributed by atoms with Gasteiger partial charge in [-0.2, -0.15) is 0 Å². The Balaban J connectivity index is 2.42. The fraction of sp³-hybridized carbons (Fsp3) is 0.222. The Labute approximate surface area is 74.5 Å². The van der Waals surface area contributed by atoms with Crippen molar-refractivity contribution < 1.29 is 13.9 Å². The van der Waals surface area contributed by atoms with Crippen molar-refractivity contribution >= 4 is 11.7 Å². The lowest BCUT2D eigenvalue weighted by Crippen LogP contribution is -2.34. The third kappa shape index (κ3) is 1.35. The largest absolute Gasteiger partial charge is 0.423 e. The van der Waals surface area contributed by atoms with E-state index in [1.165, 1.54) is 18.2 Å². The first-order valence-corrected chi connectivity index (χ1v) is 3.94. The molecule has 0 saturated carbocycles. The van der Waals surface area contributed by atoms with Gasteiger partial charge in [0.15, 0.2) is 5.75 Å². The van der Waals surface area contributed by atoms with E-state index in [1.54, 1.807) is 6.92 Å². The van der Waals surface area contributed by atoms with Crippen molar-refractivity contribution in [3.05, 3.63) is 24.0 Å². The van der Waals surface area contributed by atoms with Crippen LogP contribution in [0.4, 0.5) is 10.1 Å². The van der Waals surface area contributed by atoms with Gasteiger partial charge >= 0.3 is 5.97 Å². The average molecular weight is 181 g/mol. The number of carbonyl (C=O) groups is 1. The molecule has 0 saturated heterocycles. The summed E-state index contributed by atoms with van der Waals surface area (Å²) in [5, 5.41) is 2.84. The first kappa shape index (κ1) is 8.04. The van der Waals surface area contributed by atoms with Crippen molar-refractivity contribution in [3.63, 3.8) is 0 Å². The highest BCUT2D eigenvalue weighted by molar-refractivity contribution is 5.86. The minimum absolute atomic E-state index is 0.348. The van der Waals surface area contributed by atoms with Gasteiger partial charge < -0.3 is 10.1 Å². The number of hydrogen-bond donors (Lipinski definition) is 1. The van der Waals surface area contributed by atoms with Crippen molar-refractivity contribution in [3.8, 4) is 5.75 Å². The molecule has 3 nitrogen and oxygen atoms in total. The molecular weight excluding hydrogens is 173 g/mol. The molecule has 0 fully saturated rings. The predicted octanol–water partition coefficient (Wildman–Crippen LogP) is 1.55. The zero-order chi connectivity index (χ0) is 9.42. The molecule has 4 heteroatoms. The molecule has 0 spiro atoms. The number of benzene rings is 1. The van der Waals surface area contributed by atoms with Gasteiger partial charge in [0.1, 0.15) is 11.9 Å². The molecule has 68 valence electrons. The minimum Gasteiger partial charge on any atom is -0.423 e. The molecule has 1 N–H and O–H groups in total. The van der Waals surface area contributed by atoms with Gasteiger partial charge in [0.05, 0.1) is 5.69 Å². The Morgan fingerprint density at radius 2 is 2.31 bits per heavy atom. The second-order valence-corrected chi connectivity index (χ2v) is 2.93. The van der Waals surface area contributed by atoms with E-state index in [0.29, 0.717) is 11.4 Å². The van der Waals surface area contributed by atoms with Gasteiger partial charge in [-0.1, -0.05) is 0 Å². The smallest absolute Gasteiger partial charge is 0.333 e. The van der Waals surface area contributed by atoms with E-state index in [0.717, 1.165) is 0 Å². The van der Waals surface area contributed by atoms with Crippen LogP contribution < -0.4 is 10.1 Å². The van der Waals surface area contributed by atoms with Gasteiger partial charge in [-0.05, 0) is 19.1 Å². The van der Waals surface area contributed by atoms with E-state index in [4.69, 9.17) is 4.74 Å². The molecule has 1 unspecified atom stereocenters. The molecule has 2 rings (SSSR count). The van der Waals surface area contributed by atoms with Crippen LogP contribution in [0.2, 0.25) is 0 Å². The molecule has 0 amide bonds. The third-order valence-corrected chi connectivity index (χ3v) is 1.88. The Bertz CT molecular complexity index is 365. The maximum absolute atomic E-state index is 12.7. The summed E-state index contributed by atoms with van der Waals surface area (Å²) < 4.78 is 17.7. The van der Waals surface area contributed by atoms with Crippen molar-refractivity contribution in [1.82, 2.24) is 0 Å². The number of hydrogen-bond acceptors (Lipinski definition) is 3. The number of rotatable bonds is 0. The summed E-state index contributed by atoms with van der Waals surface area (Å²) in [6.07, 6.45) is 0. The number of fused-ring (bicyclic) bond motifs is 1. The van der Waals surface area contributed by atoms with Crippen LogP contribution in [0.15, 0.2) is 18.2 Å². The topological polar surface area (TPSA) is 38.3 Å². The van der Waals surface area contributed by atoms with E-state index < -0.39 is 6.04 Å². The Morgan fingerprint density at radius 1 is 1.54 bits per heavy atom. The molecule has 1 atom stereocenters. The van der Waals surface area contributed by atoms with E-state index in [9.17, 15) is 9.18 Å². The lowest BCUT2D eigenvalue weighted by atomic mass is 10.2. The maximum Gasteiger partial charge on any atom is 0.333 e. The molecule has 1 aliphatic heterocycles. The van der Waals surface area contributed by atoms with Crippen LogP contribution in [0.25, 0.3) is 0 Å². The summed E-state index contributed by atoms with van der Waals surface area (Å²) >= 11 is 0. The highest BCUT2D eigenvalue weighted by Gasteiger charge is 2.23. The van der Waals surface area contributed by atoms with Gasteiger partial charge in [0.2, 0.25) is 0 Å². The summed E-state index contributed by atoms with van der Waals surface area (Å²) in [4.78, 5) is 11.1. The van der Waals surface area contributed by atoms with Crippen LogP contribution >= 0.6 is 0 Å². The minimum atomic E-state index is -0.422. The second-order valence-electron chi connectivity index (χ2n) is 2.93. The summed E-state index contributed by atoms with van der Waals surface area (Å²) in [5.74, 6) is -0.319. The van der Waals surface area contributed by atoms with Crippen molar-refractivity contribution in [2.45, 2.75) is 13.0 Å². The quantitative estimate of drug-likeness (QED) is 0.487. The fourth-order valence-corrected chi connectivity index (χ4v) is 1.19. The predicted molar refractivity (Wildman–Crippen MR) is 45.1 cm³/mol. The van der Waals surface area contributed by atoms with Crippen LogP contribution in [0.3, 0.4) is 0 Å². The van der Waals surface area contributed by atoms with Gasteiger partial charge in [-0.15, -0.1) is 0 Å². The first-order chi connectivity index (χ1) is 6.16. The normalized spacial score (nSPS) is 20.2. The number of carbonyl (C=O) groups excluding carboxylic acids is 1. The van der Waals surface area contributed by atoms with Crippen LogP contribution in [-0.4, -0.2) is 12.0 Å². The van der Waals surface area contributed by atoms with Crippen molar-refractivity contribution in [2.24, 2.45) is 0 Å². The highest BCUT2D eigenvalue weighted by Crippen LogP contribution is 2.29. The standard InChI is InChI=1S/C9H8FNO2/c1-5-9(12)13-8-3-2-6(10)4-7(8)11-5/h2-5,11H,1H3. The molecule has 0 radical (unpaired) electrons. The Hall–Kier alpha value is -1.58. The van der Waals surface area contributed by atoms with E-state index in [2.05, 4.69) is 5.32 Å². The molecule has 0 aliphatic carbocycles. The van der Waals surface area contributed by atoms with Crippen LogP contribution in [-0.2, 0) is 4.79 Å². The summed E-state index contributed by atoms with van der Waals surface area (Å²) in [6, 6.07) is 3.57. The highest BCUT2D eigenvalue weighted by atomic mass is 19.1. The van der Waals surface area contributed by atoms with Gasteiger partial charge in [0.25, 0.3) is 0 Å². The lowest BCUT2D eigenvalue weighted by molar-refractivity contribution is -0.135. The van der Waals surface area contributed by atoms with E-state index in [-0.39, 0.29) is 11.8 Å². The van der Waals surface area contributed by atoms with Crippen LogP contribution in [0.1, 0.15) is 6.92 Å². The van der Waals surface area contributed by atoms with Gasteiger partial charge in [0, 0.05) is 6.07 Å². The average Bonchev–Trinajstić information content (AvgIpc) is 2.08. The molecule has 1 aliphatic rings. The zero-order valence-electron chi connectivity index (χ0n) is 7.00. The molecule has 13 heavy (non-hydrogen) atoms. The van der Waals surface area contributed by atoms with Crippen LogP contribution in [0, 0.1) is 5.82 Å². The molecular formula is C9H8FNO2. The summed E-state index contributed by atoms with van der Waals surface area (Å²) in [7, 11) is 0. The summed E-state index contributed by atoms with van der Waals surface area (Å²) in [5.41, 5.74) is 0.520. The fourth-order valence-electron chi connectivity index (χ4n) is 1.19. The van der Waals surface area contributed by atoms with Gasteiger partial charge in [-0.3, -0.25) is 0 Å². The molecule has 0 bridgehead atoms. The second kappa shape index (κ2) is 2.73. The van der Waals surface area contributed by atoms with Crippen molar-refractivity contribution in [2.75, 3.05) is 5.32 Å². The molecule has 1 aromatic rings. The zero-order valence-corrected chi connectivity index (χ0v) is 7.00. The number of ether oxygens (including phenoxy) is 1. The Kier molecular flexibility index (Phi) is 1.69. The number of anilines is 1. The third-order valence-electron chi connectivity index (χ3n) is 1.88. The summed E-state index contributed by atoms with van der Waals surface area (Å²) in [6.45, 7) is 1.66. The van der Waals surface area contributed by atoms with E-state index >= 15 is 0 Å². The van der Waals surface area contributed by atoms with Crippen LogP contribution in [0.5, 0.6) is 5.75 Å². The SMILES string of the molecule is CC1Nc2cc(F)ccc2OC1=O. The first-order valence-electron chi connectivity index (χ1n) is 3.94. The monoisotopic (exact) mass is 181 g/mol. The maximum atomic E-state index is 12.7. The van der Waals surface area contributed by atoms with E-state index in [1.807, 2.05) is 0 Å². The molecule has 1 heterocycles. The molecule has 1 aromatic carbocycles.